The third-order valence-electron chi connectivity index (χ3n) is 6.85. The predicted octanol–water partition coefficient (Wildman–Crippen LogP) is 4.92. The van der Waals surface area contributed by atoms with Crippen molar-refractivity contribution in [3.05, 3.63) is 117 Å². The van der Waals surface area contributed by atoms with Gasteiger partial charge in [0.1, 0.15) is 36.8 Å². The molecule has 2 atom stereocenters. The Labute approximate surface area is 248 Å². The fourth-order valence-corrected chi connectivity index (χ4v) is 4.52. The number of aliphatic carboxylic acids is 1. The van der Waals surface area contributed by atoms with Gasteiger partial charge in [-0.2, -0.15) is 5.26 Å². The molecular formula is C32H30N4O7. The lowest BCUT2D eigenvalue weighted by molar-refractivity contribution is -0.386. The maximum atomic E-state index is 12.1. The van der Waals surface area contributed by atoms with Crippen LogP contribution in [0.15, 0.2) is 79.0 Å². The Morgan fingerprint density at radius 2 is 1.79 bits per heavy atom. The SMILES string of the molecule is Cc1c(COc2cc(OCc3ccnc(C#N)c3)c(CNC(C(=O)O)C(C)O)cc2[N+](=O)[O-])cccc1-c1ccccc1. The largest absolute Gasteiger partial charge is 0.488 e. The molecule has 1 heterocycles. The molecule has 0 amide bonds. The molecule has 0 saturated heterocycles. The molecule has 4 aromatic rings. The number of hydrogen-bond donors (Lipinski definition) is 3. The molecule has 11 heteroatoms. The minimum atomic E-state index is -1.32. The minimum Gasteiger partial charge on any atom is -0.488 e. The number of aliphatic hydroxyl groups excluding tert-OH is 1. The summed E-state index contributed by atoms with van der Waals surface area (Å²) in [6.45, 7) is 3.18. The molecule has 0 fully saturated rings. The zero-order valence-electron chi connectivity index (χ0n) is 23.6. The second-order valence-electron chi connectivity index (χ2n) is 9.82. The van der Waals surface area contributed by atoms with Gasteiger partial charge >= 0.3 is 11.7 Å². The van der Waals surface area contributed by atoms with E-state index in [9.17, 15) is 25.1 Å². The number of carboxylic acids is 1. The van der Waals surface area contributed by atoms with Crippen molar-refractivity contribution in [1.82, 2.24) is 10.3 Å². The highest BCUT2D eigenvalue weighted by atomic mass is 16.6. The van der Waals surface area contributed by atoms with Gasteiger partial charge in [-0.25, -0.2) is 4.98 Å². The third-order valence-corrected chi connectivity index (χ3v) is 6.85. The zero-order valence-corrected chi connectivity index (χ0v) is 23.6. The Morgan fingerprint density at radius 1 is 1.05 bits per heavy atom. The number of aliphatic hydroxyl groups is 1. The molecule has 0 aliphatic carbocycles. The quantitative estimate of drug-likeness (QED) is 0.145. The minimum absolute atomic E-state index is 0.00155. The number of nitrogens with one attached hydrogen (secondary N) is 1. The number of nitriles is 1. The van der Waals surface area contributed by atoms with Crippen LogP contribution in [0.4, 0.5) is 5.69 Å². The number of aromatic nitrogens is 1. The van der Waals surface area contributed by atoms with Gasteiger partial charge in [-0.05, 0) is 53.8 Å². The molecule has 3 aromatic carbocycles. The van der Waals surface area contributed by atoms with E-state index < -0.39 is 23.0 Å². The van der Waals surface area contributed by atoms with Crippen molar-refractivity contribution in [2.24, 2.45) is 0 Å². The second-order valence-corrected chi connectivity index (χ2v) is 9.82. The Bertz CT molecular complexity index is 1650. The smallest absolute Gasteiger partial charge is 0.323 e. The lowest BCUT2D eigenvalue weighted by atomic mass is 9.97. The normalized spacial score (nSPS) is 12.1. The number of carboxylic acid groups (broad SMARTS) is 1. The Balaban J connectivity index is 1.66. The van der Waals surface area contributed by atoms with E-state index >= 15 is 0 Å². The number of pyridine rings is 1. The summed E-state index contributed by atoms with van der Waals surface area (Å²) in [6, 6.07) is 22.2. The molecule has 3 N–H and O–H groups in total. The topological polar surface area (TPSA) is 168 Å². The van der Waals surface area contributed by atoms with E-state index in [-0.39, 0.29) is 48.2 Å². The summed E-state index contributed by atoms with van der Waals surface area (Å²) in [6.07, 6.45) is 0.242. The van der Waals surface area contributed by atoms with E-state index in [1.54, 1.807) is 12.1 Å². The van der Waals surface area contributed by atoms with Crippen molar-refractivity contribution in [2.45, 2.75) is 45.8 Å². The van der Waals surface area contributed by atoms with Crippen LogP contribution in [-0.4, -0.2) is 38.2 Å². The summed E-state index contributed by atoms with van der Waals surface area (Å²) in [5.41, 5.74) is 4.64. The maximum Gasteiger partial charge on any atom is 0.323 e. The summed E-state index contributed by atoms with van der Waals surface area (Å²) in [5.74, 6) is -1.11. The van der Waals surface area contributed by atoms with Crippen LogP contribution in [-0.2, 0) is 24.6 Å². The van der Waals surface area contributed by atoms with Gasteiger partial charge in [0.15, 0.2) is 0 Å². The molecule has 1 aromatic heterocycles. The summed E-state index contributed by atoms with van der Waals surface area (Å²) in [7, 11) is 0. The number of benzene rings is 3. The van der Waals surface area contributed by atoms with Crippen molar-refractivity contribution in [3.8, 4) is 28.7 Å². The van der Waals surface area contributed by atoms with Gasteiger partial charge in [0.25, 0.3) is 0 Å². The lowest BCUT2D eigenvalue weighted by Crippen LogP contribution is -2.44. The van der Waals surface area contributed by atoms with Gasteiger partial charge in [0, 0.05) is 30.4 Å². The summed E-state index contributed by atoms with van der Waals surface area (Å²) in [4.78, 5) is 27.1. The maximum absolute atomic E-state index is 12.1. The molecule has 11 nitrogen and oxygen atoms in total. The van der Waals surface area contributed by atoms with Crippen molar-refractivity contribution in [3.63, 3.8) is 0 Å². The van der Waals surface area contributed by atoms with Crippen molar-refractivity contribution in [2.75, 3.05) is 0 Å². The average molecular weight is 583 g/mol. The van der Waals surface area contributed by atoms with Gasteiger partial charge in [0.05, 0.1) is 11.0 Å². The number of ether oxygens (including phenoxy) is 2. The van der Waals surface area contributed by atoms with E-state index in [2.05, 4.69) is 10.3 Å². The first kappa shape index (κ1) is 30.6. The Morgan fingerprint density at radius 3 is 2.47 bits per heavy atom. The van der Waals surface area contributed by atoms with Crippen LogP contribution in [0, 0.1) is 28.4 Å². The fourth-order valence-electron chi connectivity index (χ4n) is 4.52. The van der Waals surface area contributed by atoms with Crippen LogP contribution >= 0.6 is 0 Å². The Kier molecular flexibility index (Phi) is 10.0. The molecule has 4 rings (SSSR count). The van der Waals surface area contributed by atoms with Crippen molar-refractivity contribution >= 4 is 11.7 Å². The van der Waals surface area contributed by atoms with Crippen LogP contribution in [0.5, 0.6) is 11.5 Å². The highest BCUT2D eigenvalue weighted by Gasteiger charge is 2.25. The number of hydrogen-bond acceptors (Lipinski definition) is 9. The predicted molar refractivity (Wildman–Crippen MR) is 157 cm³/mol. The second kappa shape index (κ2) is 14.0. The van der Waals surface area contributed by atoms with E-state index in [0.29, 0.717) is 5.56 Å². The molecule has 0 bridgehead atoms. The van der Waals surface area contributed by atoms with Crippen LogP contribution in [0.1, 0.15) is 34.9 Å². The number of carbonyl (C=O) groups is 1. The molecular weight excluding hydrogens is 552 g/mol. The molecule has 0 spiro atoms. The van der Waals surface area contributed by atoms with Gasteiger partial charge in [-0.3, -0.25) is 20.2 Å². The van der Waals surface area contributed by atoms with Crippen LogP contribution in [0.2, 0.25) is 0 Å². The fraction of sp³-hybridized carbons (Fsp3) is 0.219. The summed E-state index contributed by atoms with van der Waals surface area (Å²) < 4.78 is 12.0. The number of nitro groups is 1. The first-order valence-electron chi connectivity index (χ1n) is 13.4. The Hall–Kier alpha value is -5.31. The molecule has 0 aliphatic rings. The molecule has 0 saturated carbocycles. The third kappa shape index (κ3) is 7.71. The molecule has 0 aliphatic heterocycles. The van der Waals surface area contributed by atoms with Gasteiger partial charge in [-0.1, -0.05) is 48.5 Å². The number of nitrogens with zero attached hydrogens (tertiary/aromatic N) is 3. The van der Waals surface area contributed by atoms with Crippen molar-refractivity contribution in [1.29, 1.82) is 5.26 Å². The monoisotopic (exact) mass is 582 g/mol. The highest BCUT2D eigenvalue weighted by Crippen LogP contribution is 2.36. The molecule has 43 heavy (non-hydrogen) atoms. The first-order chi connectivity index (χ1) is 20.7. The summed E-state index contributed by atoms with van der Waals surface area (Å²) >= 11 is 0. The van der Waals surface area contributed by atoms with Crippen molar-refractivity contribution < 1.29 is 29.4 Å². The number of rotatable bonds is 13. The lowest BCUT2D eigenvalue weighted by Gasteiger charge is -2.19. The highest BCUT2D eigenvalue weighted by molar-refractivity contribution is 5.74. The average Bonchev–Trinajstić information content (AvgIpc) is 3.00. The molecule has 220 valence electrons. The van der Waals surface area contributed by atoms with Crippen LogP contribution in [0.25, 0.3) is 11.1 Å². The standard InChI is InChI=1S/C32H30N4O7/c1-20-24(9-6-10-27(20)23-7-4-3-5-8-23)19-43-30-15-29(42-18-22-11-12-34-26(13-22)16-33)25(14-28(30)36(40)41)17-35-31(21(2)37)32(38)39/h3-15,21,31,35,37H,17-19H2,1-2H3,(H,38,39). The molecule has 0 radical (unpaired) electrons. The van der Waals surface area contributed by atoms with Gasteiger partial charge in [0.2, 0.25) is 5.75 Å². The van der Waals surface area contributed by atoms with Crippen LogP contribution in [0.3, 0.4) is 0 Å². The van der Waals surface area contributed by atoms with Gasteiger partial charge < -0.3 is 19.7 Å². The van der Waals surface area contributed by atoms with E-state index in [1.165, 1.54) is 25.3 Å². The van der Waals surface area contributed by atoms with E-state index in [0.717, 1.165) is 22.3 Å². The van der Waals surface area contributed by atoms with Gasteiger partial charge in [-0.15, -0.1) is 0 Å². The zero-order chi connectivity index (χ0) is 30.9. The van der Waals surface area contributed by atoms with E-state index in [1.807, 2.05) is 61.5 Å². The first-order valence-corrected chi connectivity index (χ1v) is 13.4. The number of nitro benzene ring substituents is 1. The molecule has 2 unspecified atom stereocenters. The van der Waals surface area contributed by atoms with Crippen LogP contribution < -0.4 is 14.8 Å². The van der Waals surface area contributed by atoms with E-state index in [4.69, 9.17) is 14.7 Å². The summed E-state index contributed by atoms with van der Waals surface area (Å²) in [5, 5.41) is 43.3.